The Bertz CT molecular complexity index is 920. The normalized spacial score (nSPS) is 11.9. The van der Waals surface area contributed by atoms with Gasteiger partial charge >= 0.3 is 17.9 Å². The van der Waals surface area contributed by atoms with Crippen LogP contribution in [0.25, 0.3) is 0 Å². The summed E-state index contributed by atoms with van der Waals surface area (Å²) in [5.41, 5.74) is 0. The van der Waals surface area contributed by atoms with Crippen LogP contribution in [-0.2, 0) is 28.6 Å². The highest BCUT2D eigenvalue weighted by molar-refractivity contribution is 5.71. The van der Waals surface area contributed by atoms with Crippen LogP contribution < -0.4 is 0 Å². The van der Waals surface area contributed by atoms with Gasteiger partial charge in [0.15, 0.2) is 6.10 Å². The fourth-order valence-corrected chi connectivity index (χ4v) is 8.62. The molecule has 0 saturated carbocycles. The monoisotopic (exact) mass is 877 g/mol. The SMILES string of the molecule is CCCCCCCCCCCCCCCCCCCCCCCCCCCCCCCCCC(=O)OCC(COC(=O)CCCCCCCC)OC(=O)CCCCCCCCC. The van der Waals surface area contributed by atoms with Crippen LogP contribution in [-0.4, -0.2) is 37.2 Å². The predicted molar refractivity (Wildman–Crippen MR) is 266 cm³/mol. The summed E-state index contributed by atoms with van der Waals surface area (Å²) in [6, 6.07) is 0. The maximum Gasteiger partial charge on any atom is 0.306 e. The minimum absolute atomic E-state index is 0.0640. The second-order valence-corrected chi connectivity index (χ2v) is 19.2. The smallest absolute Gasteiger partial charge is 0.306 e. The molecule has 0 aliphatic rings. The van der Waals surface area contributed by atoms with Crippen LogP contribution in [0.1, 0.15) is 323 Å². The minimum atomic E-state index is -0.757. The van der Waals surface area contributed by atoms with Gasteiger partial charge < -0.3 is 14.2 Å². The molecule has 6 heteroatoms. The first-order valence-corrected chi connectivity index (χ1v) is 28.0. The molecule has 6 nitrogen and oxygen atoms in total. The highest BCUT2D eigenvalue weighted by Gasteiger charge is 2.19. The van der Waals surface area contributed by atoms with Crippen LogP contribution in [0.4, 0.5) is 0 Å². The van der Waals surface area contributed by atoms with Crippen molar-refractivity contribution in [3.8, 4) is 0 Å². The lowest BCUT2D eigenvalue weighted by Crippen LogP contribution is -2.30. The molecule has 62 heavy (non-hydrogen) atoms. The molecule has 0 aromatic rings. The summed E-state index contributed by atoms with van der Waals surface area (Å²) < 4.78 is 16.6. The fraction of sp³-hybridized carbons (Fsp3) is 0.946. The second kappa shape index (κ2) is 52.0. The molecule has 0 spiro atoms. The van der Waals surface area contributed by atoms with Crippen molar-refractivity contribution in [1.29, 1.82) is 0 Å². The summed E-state index contributed by atoms with van der Waals surface area (Å²) in [6.45, 7) is 6.57. The van der Waals surface area contributed by atoms with E-state index in [9.17, 15) is 14.4 Å². The number of esters is 3. The van der Waals surface area contributed by atoms with E-state index < -0.39 is 6.10 Å². The number of rotatable bonds is 52. The lowest BCUT2D eigenvalue weighted by Gasteiger charge is -2.18. The number of ether oxygens (including phenoxy) is 3. The van der Waals surface area contributed by atoms with Crippen LogP contribution in [0.15, 0.2) is 0 Å². The van der Waals surface area contributed by atoms with Gasteiger partial charge in [-0.3, -0.25) is 14.4 Å². The topological polar surface area (TPSA) is 78.9 Å². The van der Waals surface area contributed by atoms with Crippen molar-refractivity contribution in [1.82, 2.24) is 0 Å². The molecular weight excluding hydrogens is 769 g/mol. The Balaban J connectivity index is 3.76. The number of carbonyl (C=O) groups excluding carboxylic acids is 3. The standard InChI is InChI=1S/C56H108O6/c1-4-7-10-13-16-17-18-19-20-21-22-23-24-25-26-27-28-29-30-31-32-33-34-35-36-37-38-39-41-43-46-49-55(58)61-52-53(51-60-54(57)48-45-42-15-12-9-6-3)62-56(59)50-47-44-40-14-11-8-5-2/h53H,4-52H2,1-3H3. The summed E-state index contributed by atoms with van der Waals surface area (Å²) in [5, 5.41) is 0. The van der Waals surface area contributed by atoms with Crippen molar-refractivity contribution in [2.45, 2.75) is 329 Å². The van der Waals surface area contributed by atoms with E-state index in [1.807, 2.05) is 0 Å². The van der Waals surface area contributed by atoms with Crippen LogP contribution in [0.3, 0.4) is 0 Å². The largest absolute Gasteiger partial charge is 0.462 e. The summed E-state index contributed by atoms with van der Waals surface area (Å²) in [4.78, 5) is 37.5. The van der Waals surface area contributed by atoms with Crippen LogP contribution in [0, 0.1) is 0 Å². The second-order valence-electron chi connectivity index (χ2n) is 19.2. The first kappa shape index (κ1) is 60.4. The number of hydrogen-bond donors (Lipinski definition) is 0. The molecule has 0 aromatic heterocycles. The third kappa shape index (κ3) is 49.4. The third-order valence-corrected chi connectivity index (χ3v) is 12.9. The number of unbranched alkanes of at least 4 members (excludes halogenated alkanes) is 41. The lowest BCUT2D eigenvalue weighted by atomic mass is 10.0. The Labute approximate surface area is 387 Å². The Morgan fingerprint density at radius 2 is 0.435 bits per heavy atom. The first-order valence-electron chi connectivity index (χ1n) is 28.0. The van der Waals surface area contributed by atoms with E-state index in [4.69, 9.17) is 14.2 Å². The van der Waals surface area contributed by atoms with E-state index in [0.717, 1.165) is 57.8 Å². The van der Waals surface area contributed by atoms with Gasteiger partial charge in [-0.25, -0.2) is 0 Å². The Hall–Kier alpha value is -1.59. The van der Waals surface area contributed by atoms with Gasteiger partial charge in [-0.2, -0.15) is 0 Å². The van der Waals surface area contributed by atoms with Gasteiger partial charge in [-0.05, 0) is 19.3 Å². The molecule has 0 rings (SSSR count). The summed E-state index contributed by atoms with van der Waals surface area (Å²) in [7, 11) is 0. The lowest BCUT2D eigenvalue weighted by molar-refractivity contribution is -0.167. The molecule has 0 bridgehead atoms. The van der Waals surface area contributed by atoms with E-state index in [-0.39, 0.29) is 31.1 Å². The average molecular weight is 877 g/mol. The van der Waals surface area contributed by atoms with Crippen molar-refractivity contribution in [2.75, 3.05) is 13.2 Å². The Morgan fingerprint density at radius 1 is 0.258 bits per heavy atom. The fourth-order valence-electron chi connectivity index (χ4n) is 8.62. The summed E-state index contributed by atoms with van der Waals surface area (Å²) in [5.74, 6) is -0.865. The van der Waals surface area contributed by atoms with Crippen LogP contribution >= 0.6 is 0 Å². The van der Waals surface area contributed by atoms with E-state index in [1.54, 1.807) is 0 Å². The first-order chi connectivity index (χ1) is 30.5. The van der Waals surface area contributed by atoms with Crippen LogP contribution in [0.2, 0.25) is 0 Å². The molecule has 0 aromatic carbocycles. The van der Waals surface area contributed by atoms with E-state index in [1.165, 1.54) is 225 Å². The Kier molecular flexibility index (Phi) is 50.7. The highest BCUT2D eigenvalue weighted by Crippen LogP contribution is 2.18. The van der Waals surface area contributed by atoms with Crippen molar-refractivity contribution >= 4 is 17.9 Å². The van der Waals surface area contributed by atoms with Crippen molar-refractivity contribution < 1.29 is 28.6 Å². The van der Waals surface area contributed by atoms with Gasteiger partial charge in [0.25, 0.3) is 0 Å². The number of carbonyl (C=O) groups is 3. The van der Waals surface area contributed by atoms with Gasteiger partial charge in [-0.15, -0.1) is 0 Å². The molecule has 1 unspecified atom stereocenters. The zero-order valence-electron chi connectivity index (χ0n) is 42.2. The van der Waals surface area contributed by atoms with Gasteiger partial charge in [0, 0.05) is 19.3 Å². The number of hydrogen-bond acceptors (Lipinski definition) is 6. The molecule has 0 radical (unpaired) electrons. The van der Waals surface area contributed by atoms with E-state index in [0.29, 0.717) is 19.3 Å². The van der Waals surface area contributed by atoms with Crippen LogP contribution in [0.5, 0.6) is 0 Å². The molecule has 0 aliphatic carbocycles. The van der Waals surface area contributed by atoms with Gasteiger partial charge in [0.1, 0.15) is 13.2 Å². The van der Waals surface area contributed by atoms with Crippen molar-refractivity contribution in [2.24, 2.45) is 0 Å². The average Bonchev–Trinajstić information content (AvgIpc) is 3.27. The minimum Gasteiger partial charge on any atom is -0.462 e. The molecular formula is C56H108O6. The molecule has 1 atom stereocenters. The molecule has 0 amide bonds. The summed E-state index contributed by atoms with van der Waals surface area (Å²) >= 11 is 0. The summed E-state index contributed by atoms with van der Waals surface area (Å²) in [6.07, 6.45) is 57.5. The van der Waals surface area contributed by atoms with Gasteiger partial charge in [0.2, 0.25) is 0 Å². The molecule has 0 saturated heterocycles. The molecule has 0 aliphatic heterocycles. The third-order valence-electron chi connectivity index (χ3n) is 12.9. The molecule has 0 N–H and O–H groups in total. The zero-order valence-corrected chi connectivity index (χ0v) is 42.2. The molecule has 368 valence electrons. The predicted octanol–water partition coefficient (Wildman–Crippen LogP) is 18.4. The maximum atomic E-state index is 12.6. The quantitative estimate of drug-likeness (QED) is 0.0344. The van der Waals surface area contributed by atoms with Crippen molar-refractivity contribution in [3.63, 3.8) is 0 Å². The Morgan fingerprint density at radius 3 is 0.645 bits per heavy atom. The van der Waals surface area contributed by atoms with Gasteiger partial charge in [0.05, 0.1) is 0 Å². The molecule has 0 fully saturated rings. The van der Waals surface area contributed by atoms with Gasteiger partial charge in [-0.1, -0.05) is 284 Å². The van der Waals surface area contributed by atoms with E-state index in [2.05, 4.69) is 20.8 Å². The van der Waals surface area contributed by atoms with Crippen molar-refractivity contribution in [3.05, 3.63) is 0 Å². The molecule has 0 heterocycles. The maximum absolute atomic E-state index is 12.6. The highest BCUT2D eigenvalue weighted by atomic mass is 16.6. The zero-order chi connectivity index (χ0) is 45.1. The van der Waals surface area contributed by atoms with E-state index >= 15 is 0 Å².